The summed E-state index contributed by atoms with van der Waals surface area (Å²) in [5.74, 6) is 0.949. The van der Waals surface area contributed by atoms with Crippen LogP contribution in [0.3, 0.4) is 0 Å². The number of benzene rings is 1. The molecule has 0 radical (unpaired) electrons. The SMILES string of the molecule is COc1ccc(Br)c(CC2(CNC(C)(C)C)CCCC2)c1. The Balaban J connectivity index is 2.16. The van der Waals surface area contributed by atoms with Crippen molar-refractivity contribution in [1.82, 2.24) is 5.32 Å². The lowest BCUT2D eigenvalue weighted by Crippen LogP contribution is -2.44. The Morgan fingerprint density at radius 2 is 1.90 bits per heavy atom. The fourth-order valence-electron chi connectivity index (χ4n) is 3.21. The summed E-state index contributed by atoms with van der Waals surface area (Å²) >= 11 is 3.71. The van der Waals surface area contributed by atoms with Crippen LogP contribution in [0.15, 0.2) is 22.7 Å². The van der Waals surface area contributed by atoms with Gasteiger partial charge in [-0.1, -0.05) is 28.8 Å². The molecule has 1 aromatic carbocycles. The van der Waals surface area contributed by atoms with Crippen molar-refractivity contribution in [3.63, 3.8) is 0 Å². The van der Waals surface area contributed by atoms with Crippen LogP contribution in [0.4, 0.5) is 0 Å². The summed E-state index contributed by atoms with van der Waals surface area (Å²) in [6.07, 6.45) is 6.47. The Bertz CT molecular complexity index is 473. The zero-order chi connectivity index (χ0) is 15.5. The van der Waals surface area contributed by atoms with Gasteiger partial charge in [0.15, 0.2) is 0 Å². The molecule has 118 valence electrons. The summed E-state index contributed by atoms with van der Waals surface area (Å²) in [5.41, 5.74) is 1.94. The first kappa shape index (κ1) is 16.8. The normalized spacial score (nSPS) is 18.0. The van der Waals surface area contributed by atoms with Crippen molar-refractivity contribution in [2.45, 2.75) is 58.4 Å². The van der Waals surface area contributed by atoms with E-state index in [0.717, 1.165) is 18.7 Å². The van der Waals surface area contributed by atoms with E-state index in [2.05, 4.69) is 54.2 Å². The van der Waals surface area contributed by atoms with Gasteiger partial charge in [0, 0.05) is 16.6 Å². The number of hydrogen-bond donors (Lipinski definition) is 1. The van der Waals surface area contributed by atoms with Crippen molar-refractivity contribution in [2.75, 3.05) is 13.7 Å². The second kappa shape index (κ2) is 6.70. The molecule has 1 saturated carbocycles. The zero-order valence-electron chi connectivity index (χ0n) is 13.8. The highest BCUT2D eigenvalue weighted by molar-refractivity contribution is 9.10. The van der Waals surface area contributed by atoms with Crippen LogP contribution in [0.5, 0.6) is 5.75 Å². The Labute approximate surface area is 137 Å². The molecule has 0 saturated heterocycles. The van der Waals surface area contributed by atoms with E-state index >= 15 is 0 Å². The lowest BCUT2D eigenvalue weighted by molar-refractivity contribution is 0.244. The van der Waals surface area contributed by atoms with Gasteiger partial charge in [-0.25, -0.2) is 0 Å². The predicted molar refractivity (Wildman–Crippen MR) is 93.1 cm³/mol. The maximum Gasteiger partial charge on any atom is 0.119 e. The third kappa shape index (κ3) is 4.72. The monoisotopic (exact) mass is 353 g/mol. The molecular formula is C18H28BrNO. The predicted octanol–water partition coefficient (Wildman–Crippen LogP) is 4.95. The molecule has 1 aliphatic carbocycles. The molecule has 0 aliphatic heterocycles. The van der Waals surface area contributed by atoms with Crippen molar-refractivity contribution in [3.05, 3.63) is 28.2 Å². The Morgan fingerprint density at radius 1 is 1.24 bits per heavy atom. The number of ether oxygens (including phenoxy) is 1. The van der Waals surface area contributed by atoms with Crippen molar-refractivity contribution >= 4 is 15.9 Å². The molecule has 1 aromatic rings. The van der Waals surface area contributed by atoms with Crippen LogP contribution < -0.4 is 10.1 Å². The van der Waals surface area contributed by atoms with Crippen LogP contribution in [0, 0.1) is 5.41 Å². The molecule has 1 fully saturated rings. The van der Waals surface area contributed by atoms with E-state index in [1.165, 1.54) is 35.7 Å². The molecule has 1 aliphatic rings. The van der Waals surface area contributed by atoms with Crippen LogP contribution in [0.1, 0.15) is 52.0 Å². The molecule has 2 nitrogen and oxygen atoms in total. The van der Waals surface area contributed by atoms with Gasteiger partial charge >= 0.3 is 0 Å². The highest BCUT2D eigenvalue weighted by Crippen LogP contribution is 2.42. The summed E-state index contributed by atoms with van der Waals surface area (Å²) in [5, 5.41) is 3.73. The third-order valence-electron chi connectivity index (χ3n) is 4.48. The van der Waals surface area contributed by atoms with E-state index in [9.17, 15) is 0 Å². The van der Waals surface area contributed by atoms with Gasteiger partial charge in [-0.2, -0.15) is 0 Å². The number of rotatable bonds is 5. The smallest absolute Gasteiger partial charge is 0.119 e. The van der Waals surface area contributed by atoms with Crippen molar-refractivity contribution in [3.8, 4) is 5.75 Å². The topological polar surface area (TPSA) is 21.3 Å². The third-order valence-corrected chi connectivity index (χ3v) is 5.25. The Kier molecular flexibility index (Phi) is 5.37. The summed E-state index contributed by atoms with van der Waals surface area (Å²) in [6, 6.07) is 6.30. The second-order valence-corrected chi connectivity index (χ2v) is 8.30. The summed E-state index contributed by atoms with van der Waals surface area (Å²) in [7, 11) is 1.74. The minimum Gasteiger partial charge on any atom is -0.497 e. The van der Waals surface area contributed by atoms with Crippen molar-refractivity contribution in [1.29, 1.82) is 0 Å². The number of methoxy groups -OCH3 is 1. The van der Waals surface area contributed by atoms with Crippen LogP contribution in [-0.4, -0.2) is 19.2 Å². The Morgan fingerprint density at radius 3 is 2.48 bits per heavy atom. The standard InChI is InChI=1S/C18H28BrNO/c1-17(2,3)20-13-18(9-5-6-10-18)12-14-11-15(21-4)7-8-16(14)19/h7-8,11,20H,5-6,9-10,12-13H2,1-4H3. The van der Waals surface area contributed by atoms with Crippen LogP contribution in [0.25, 0.3) is 0 Å². The summed E-state index contributed by atoms with van der Waals surface area (Å²) in [6.45, 7) is 7.84. The molecule has 21 heavy (non-hydrogen) atoms. The molecule has 1 N–H and O–H groups in total. The maximum absolute atomic E-state index is 5.39. The van der Waals surface area contributed by atoms with E-state index in [0.29, 0.717) is 5.41 Å². The van der Waals surface area contributed by atoms with Crippen molar-refractivity contribution < 1.29 is 4.74 Å². The first-order valence-corrected chi connectivity index (χ1v) is 8.70. The molecule has 0 spiro atoms. The maximum atomic E-state index is 5.39. The molecular weight excluding hydrogens is 326 g/mol. The quantitative estimate of drug-likeness (QED) is 0.808. The number of halogens is 1. The van der Waals surface area contributed by atoms with Crippen LogP contribution in [0.2, 0.25) is 0 Å². The van der Waals surface area contributed by atoms with E-state index in [1.54, 1.807) is 7.11 Å². The van der Waals surface area contributed by atoms with Crippen LogP contribution in [-0.2, 0) is 6.42 Å². The Hall–Kier alpha value is -0.540. The van der Waals surface area contributed by atoms with E-state index < -0.39 is 0 Å². The fraction of sp³-hybridized carbons (Fsp3) is 0.667. The van der Waals surface area contributed by atoms with Gasteiger partial charge in [0.05, 0.1) is 7.11 Å². The molecule has 0 atom stereocenters. The highest BCUT2D eigenvalue weighted by Gasteiger charge is 2.35. The molecule has 2 rings (SSSR count). The van der Waals surface area contributed by atoms with E-state index in [-0.39, 0.29) is 5.54 Å². The van der Waals surface area contributed by atoms with Gasteiger partial charge in [-0.3, -0.25) is 0 Å². The number of nitrogens with one attached hydrogen (secondary N) is 1. The van der Waals surface area contributed by atoms with Gasteiger partial charge in [-0.05, 0) is 69.2 Å². The van der Waals surface area contributed by atoms with Gasteiger partial charge in [0.1, 0.15) is 5.75 Å². The highest BCUT2D eigenvalue weighted by atomic mass is 79.9. The average Bonchev–Trinajstić information content (AvgIpc) is 2.88. The van der Waals surface area contributed by atoms with Gasteiger partial charge in [0.2, 0.25) is 0 Å². The van der Waals surface area contributed by atoms with Gasteiger partial charge in [0.25, 0.3) is 0 Å². The molecule has 3 heteroatoms. The second-order valence-electron chi connectivity index (χ2n) is 7.44. The van der Waals surface area contributed by atoms with Crippen molar-refractivity contribution in [2.24, 2.45) is 5.41 Å². The molecule has 0 bridgehead atoms. The van der Waals surface area contributed by atoms with Crippen LogP contribution >= 0.6 is 15.9 Å². The molecule has 0 heterocycles. The molecule has 0 unspecified atom stereocenters. The lowest BCUT2D eigenvalue weighted by atomic mass is 9.79. The summed E-state index contributed by atoms with van der Waals surface area (Å²) in [4.78, 5) is 0. The minimum atomic E-state index is 0.182. The fourth-order valence-corrected chi connectivity index (χ4v) is 3.60. The first-order chi connectivity index (χ1) is 9.84. The first-order valence-electron chi connectivity index (χ1n) is 7.91. The van der Waals surface area contributed by atoms with E-state index in [1.807, 2.05) is 6.07 Å². The lowest BCUT2D eigenvalue weighted by Gasteiger charge is -2.34. The largest absolute Gasteiger partial charge is 0.497 e. The minimum absolute atomic E-state index is 0.182. The summed E-state index contributed by atoms with van der Waals surface area (Å²) < 4.78 is 6.58. The molecule has 0 amide bonds. The number of hydrogen-bond acceptors (Lipinski definition) is 2. The zero-order valence-corrected chi connectivity index (χ0v) is 15.3. The molecule has 0 aromatic heterocycles. The van der Waals surface area contributed by atoms with Gasteiger partial charge in [-0.15, -0.1) is 0 Å². The van der Waals surface area contributed by atoms with E-state index in [4.69, 9.17) is 4.74 Å². The van der Waals surface area contributed by atoms with Gasteiger partial charge < -0.3 is 10.1 Å². The average molecular weight is 354 g/mol.